The Kier molecular flexibility index (Phi) is 4.30. The van der Waals surface area contributed by atoms with Crippen molar-refractivity contribution in [2.24, 2.45) is 5.92 Å². The van der Waals surface area contributed by atoms with Crippen LogP contribution in [0.5, 0.6) is 0 Å². The largest absolute Gasteiger partial charge is 0.481 e. The van der Waals surface area contributed by atoms with Crippen molar-refractivity contribution in [2.75, 3.05) is 13.1 Å². The van der Waals surface area contributed by atoms with Crippen LogP contribution in [0.1, 0.15) is 16.1 Å². The molecule has 1 aromatic carbocycles. The quantitative estimate of drug-likeness (QED) is 0.760. The number of carbonyl (C=O) groups is 2. The van der Waals surface area contributed by atoms with E-state index in [9.17, 15) is 14.7 Å². The maximum atomic E-state index is 13.1. The molecule has 132 valence electrons. The molecule has 6 nitrogen and oxygen atoms in total. The van der Waals surface area contributed by atoms with E-state index >= 15 is 0 Å². The molecule has 1 fully saturated rings. The maximum absolute atomic E-state index is 13.1. The van der Waals surface area contributed by atoms with Gasteiger partial charge in [0.15, 0.2) is 10.8 Å². The van der Waals surface area contributed by atoms with E-state index in [1.807, 2.05) is 30.3 Å². The van der Waals surface area contributed by atoms with Crippen LogP contribution in [-0.4, -0.2) is 40.0 Å². The van der Waals surface area contributed by atoms with Crippen LogP contribution in [0.4, 0.5) is 0 Å². The second kappa shape index (κ2) is 6.76. The second-order valence-corrected chi connectivity index (χ2v) is 7.11. The molecule has 1 saturated heterocycles. The summed E-state index contributed by atoms with van der Waals surface area (Å²) in [7, 11) is 0. The SMILES string of the molecule is O=C(O)[C@@H]1CCN(C(=O)c2sc(-c3ccco3)nc2-c2ccccc2)C1. The summed E-state index contributed by atoms with van der Waals surface area (Å²) in [6, 6.07) is 13.1. The van der Waals surface area contributed by atoms with Gasteiger partial charge in [-0.25, -0.2) is 4.98 Å². The van der Waals surface area contributed by atoms with E-state index in [1.165, 1.54) is 11.3 Å². The van der Waals surface area contributed by atoms with Crippen molar-refractivity contribution < 1.29 is 19.1 Å². The lowest BCUT2D eigenvalue weighted by molar-refractivity contribution is -0.141. The fourth-order valence-corrected chi connectivity index (χ4v) is 4.08. The van der Waals surface area contributed by atoms with Crippen molar-refractivity contribution in [2.45, 2.75) is 6.42 Å². The lowest BCUT2D eigenvalue weighted by atomic mass is 10.1. The molecule has 0 unspecified atom stereocenters. The zero-order valence-electron chi connectivity index (χ0n) is 13.8. The summed E-state index contributed by atoms with van der Waals surface area (Å²) in [4.78, 5) is 31.0. The molecule has 1 amide bonds. The average molecular weight is 368 g/mol. The van der Waals surface area contributed by atoms with E-state index in [0.717, 1.165) is 5.56 Å². The Morgan fingerprint density at radius 1 is 1.19 bits per heavy atom. The van der Waals surface area contributed by atoms with Gasteiger partial charge >= 0.3 is 5.97 Å². The van der Waals surface area contributed by atoms with E-state index in [2.05, 4.69) is 4.98 Å². The highest BCUT2D eigenvalue weighted by molar-refractivity contribution is 7.17. The number of furan rings is 1. The summed E-state index contributed by atoms with van der Waals surface area (Å²) in [6.07, 6.45) is 2.05. The van der Waals surface area contributed by atoms with Crippen LogP contribution in [0.15, 0.2) is 53.1 Å². The summed E-state index contributed by atoms with van der Waals surface area (Å²) in [5, 5.41) is 9.82. The third-order valence-corrected chi connectivity index (χ3v) is 5.48. The van der Waals surface area contributed by atoms with Gasteiger partial charge in [0.1, 0.15) is 4.88 Å². The number of rotatable bonds is 4. The number of aliphatic carboxylic acids is 1. The molecule has 0 aliphatic carbocycles. The van der Waals surface area contributed by atoms with Gasteiger partial charge in [0.25, 0.3) is 5.91 Å². The molecule has 0 saturated carbocycles. The highest BCUT2D eigenvalue weighted by atomic mass is 32.1. The topological polar surface area (TPSA) is 83.6 Å². The molecule has 7 heteroatoms. The standard InChI is InChI=1S/C19H16N2O4S/c22-18(21-9-8-13(11-21)19(23)24)16-15(12-5-2-1-3-6-12)20-17(26-16)14-7-4-10-25-14/h1-7,10,13H,8-9,11H2,(H,23,24)/t13-/m1/s1. The molecule has 26 heavy (non-hydrogen) atoms. The molecule has 0 bridgehead atoms. The van der Waals surface area contributed by atoms with Gasteiger partial charge in [-0.05, 0) is 18.6 Å². The number of carboxylic acid groups (broad SMARTS) is 1. The van der Waals surface area contributed by atoms with Gasteiger partial charge in [0, 0.05) is 18.7 Å². The van der Waals surface area contributed by atoms with E-state index in [4.69, 9.17) is 4.42 Å². The fourth-order valence-electron chi connectivity index (χ4n) is 3.05. The Hall–Kier alpha value is -2.93. The summed E-state index contributed by atoms with van der Waals surface area (Å²) in [5.41, 5.74) is 1.45. The van der Waals surface area contributed by atoms with Crippen LogP contribution < -0.4 is 0 Å². The van der Waals surface area contributed by atoms with Crippen molar-refractivity contribution in [3.63, 3.8) is 0 Å². The zero-order chi connectivity index (χ0) is 18.1. The van der Waals surface area contributed by atoms with E-state index < -0.39 is 11.9 Å². The van der Waals surface area contributed by atoms with Crippen LogP contribution >= 0.6 is 11.3 Å². The number of aromatic nitrogens is 1. The number of benzene rings is 1. The van der Waals surface area contributed by atoms with Crippen molar-refractivity contribution >= 4 is 23.2 Å². The van der Waals surface area contributed by atoms with E-state index in [0.29, 0.717) is 34.3 Å². The van der Waals surface area contributed by atoms with E-state index in [1.54, 1.807) is 23.3 Å². The van der Waals surface area contributed by atoms with Crippen LogP contribution in [0.2, 0.25) is 0 Å². The summed E-state index contributed by atoms with van der Waals surface area (Å²) < 4.78 is 5.42. The molecular formula is C19H16N2O4S. The predicted molar refractivity (Wildman–Crippen MR) is 96.9 cm³/mol. The van der Waals surface area contributed by atoms with Crippen LogP contribution in [0.25, 0.3) is 22.0 Å². The smallest absolute Gasteiger partial charge is 0.308 e. The number of hydrogen-bond donors (Lipinski definition) is 1. The zero-order valence-corrected chi connectivity index (χ0v) is 14.6. The molecule has 1 N–H and O–H groups in total. The Labute approximate surface area is 153 Å². The number of amides is 1. The molecule has 1 atom stereocenters. The first-order valence-corrected chi connectivity index (χ1v) is 9.07. The number of carbonyl (C=O) groups excluding carboxylic acids is 1. The Balaban J connectivity index is 1.72. The molecule has 0 spiro atoms. The van der Waals surface area contributed by atoms with Gasteiger partial charge in [-0.2, -0.15) is 0 Å². The molecule has 4 rings (SSSR count). The molecule has 1 aliphatic rings. The molecular weight excluding hydrogens is 352 g/mol. The minimum absolute atomic E-state index is 0.178. The first kappa shape index (κ1) is 16.5. The molecule has 3 aromatic rings. The van der Waals surface area contributed by atoms with E-state index in [-0.39, 0.29) is 12.5 Å². The summed E-state index contributed by atoms with van der Waals surface area (Å²) in [5.74, 6) is -0.931. The Bertz CT molecular complexity index is 934. The number of nitrogens with zero attached hydrogens (tertiary/aromatic N) is 2. The average Bonchev–Trinajstić information content (AvgIpc) is 3.41. The maximum Gasteiger partial charge on any atom is 0.308 e. The van der Waals surface area contributed by atoms with Gasteiger partial charge in [-0.1, -0.05) is 30.3 Å². The highest BCUT2D eigenvalue weighted by Gasteiger charge is 2.33. The van der Waals surface area contributed by atoms with Crippen molar-refractivity contribution in [1.29, 1.82) is 0 Å². The van der Waals surface area contributed by atoms with Crippen molar-refractivity contribution in [3.8, 4) is 22.0 Å². The number of hydrogen-bond acceptors (Lipinski definition) is 5. The van der Waals surface area contributed by atoms with Crippen LogP contribution in [0.3, 0.4) is 0 Å². The van der Waals surface area contributed by atoms with Gasteiger partial charge in [-0.15, -0.1) is 11.3 Å². The normalized spacial score (nSPS) is 16.8. The van der Waals surface area contributed by atoms with Gasteiger partial charge in [0.2, 0.25) is 0 Å². The van der Waals surface area contributed by atoms with Crippen LogP contribution in [0, 0.1) is 5.92 Å². The molecule has 1 aliphatic heterocycles. The first-order valence-electron chi connectivity index (χ1n) is 8.25. The number of thiazole rings is 1. The third kappa shape index (κ3) is 3.01. The summed E-state index contributed by atoms with van der Waals surface area (Å²) in [6.45, 7) is 0.675. The fraction of sp³-hybridized carbons (Fsp3) is 0.211. The van der Waals surface area contributed by atoms with Crippen LogP contribution in [-0.2, 0) is 4.79 Å². The summed E-state index contributed by atoms with van der Waals surface area (Å²) >= 11 is 1.27. The highest BCUT2D eigenvalue weighted by Crippen LogP contribution is 2.35. The molecule has 0 radical (unpaired) electrons. The number of carboxylic acids is 1. The first-order chi connectivity index (χ1) is 12.6. The second-order valence-electron chi connectivity index (χ2n) is 6.12. The molecule has 2 aromatic heterocycles. The van der Waals surface area contributed by atoms with Gasteiger partial charge in [-0.3, -0.25) is 9.59 Å². The van der Waals surface area contributed by atoms with Gasteiger partial charge < -0.3 is 14.4 Å². The Morgan fingerprint density at radius 2 is 2.00 bits per heavy atom. The predicted octanol–water partition coefficient (Wildman–Crippen LogP) is 3.62. The minimum atomic E-state index is -0.857. The number of likely N-dealkylation sites (tertiary alicyclic amines) is 1. The van der Waals surface area contributed by atoms with Gasteiger partial charge in [0.05, 0.1) is 17.9 Å². The lowest BCUT2D eigenvalue weighted by Gasteiger charge is -2.15. The minimum Gasteiger partial charge on any atom is -0.481 e. The monoisotopic (exact) mass is 368 g/mol. The van der Waals surface area contributed by atoms with Crippen molar-refractivity contribution in [3.05, 3.63) is 53.6 Å². The van der Waals surface area contributed by atoms with Crippen molar-refractivity contribution in [1.82, 2.24) is 9.88 Å². The molecule has 3 heterocycles. The lowest BCUT2D eigenvalue weighted by Crippen LogP contribution is -2.29. The third-order valence-electron chi connectivity index (χ3n) is 4.43. The Morgan fingerprint density at radius 3 is 2.65 bits per heavy atom.